The molecule has 0 saturated heterocycles. The van der Waals surface area contributed by atoms with Gasteiger partial charge in [0.15, 0.2) is 0 Å². The lowest BCUT2D eigenvalue weighted by molar-refractivity contribution is 0.490. The Balaban J connectivity index is 2.43. The molecule has 0 aliphatic heterocycles. The first-order valence-corrected chi connectivity index (χ1v) is 7.76. The van der Waals surface area contributed by atoms with Crippen LogP contribution >= 0.6 is 11.8 Å². The summed E-state index contributed by atoms with van der Waals surface area (Å²) in [7, 11) is 0. The van der Waals surface area contributed by atoms with Crippen molar-refractivity contribution in [2.75, 3.05) is 12.8 Å². The maximum Gasteiger partial charge on any atom is 0.0994 e. The van der Waals surface area contributed by atoms with Crippen LogP contribution in [-0.2, 0) is 0 Å². The topological polar surface area (TPSA) is 43.8 Å². The molecular weight excluding hydrogens is 254 g/mol. The molecule has 0 spiro atoms. The standard InChI is InChI=1S/C15H21N3S/c1-11(2)14(8-16)15-9-17-10-18(15)12-5-4-6-13(7-12)19-3/h4-7,9-11,14H,8,16H2,1-3H3. The van der Waals surface area contributed by atoms with E-state index in [4.69, 9.17) is 5.73 Å². The molecule has 4 heteroatoms. The summed E-state index contributed by atoms with van der Waals surface area (Å²) in [6.07, 6.45) is 5.90. The Morgan fingerprint density at radius 2 is 2.16 bits per heavy atom. The van der Waals surface area contributed by atoms with Crippen LogP contribution in [0.5, 0.6) is 0 Å². The average molecular weight is 275 g/mol. The Morgan fingerprint density at radius 1 is 1.37 bits per heavy atom. The molecule has 19 heavy (non-hydrogen) atoms. The van der Waals surface area contributed by atoms with Crippen molar-refractivity contribution in [2.24, 2.45) is 11.7 Å². The van der Waals surface area contributed by atoms with Gasteiger partial charge in [0.1, 0.15) is 0 Å². The number of benzene rings is 1. The summed E-state index contributed by atoms with van der Waals surface area (Å²) in [5, 5.41) is 0. The highest BCUT2D eigenvalue weighted by molar-refractivity contribution is 7.98. The molecular formula is C15H21N3S. The molecule has 2 N–H and O–H groups in total. The Bertz CT molecular complexity index is 534. The van der Waals surface area contributed by atoms with Gasteiger partial charge in [0.25, 0.3) is 0 Å². The molecule has 2 rings (SSSR count). The van der Waals surface area contributed by atoms with E-state index in [2.05, 4.69) is 53.9 Å². The van der Waals surface area contributed by atoms with E-state index in [0.29, 0.717) is 18.4 Å². The average Bonchev–Trinajstić information content (AvgIpc) is 2.88. The van der Waals surface area contributed by atoms with E-state index in [-0.39, 0.29) is 0 Å². The lowest BCUT2D eigenvalue weighted by Crippen LogP contribution is -2.20. The zero-order valence-corrected chi connectivity index (χ0v) is 12.5. The predicted octanol–water partition coefficient (Wildman–Crippen LogP) is 3.29. The molecule has 1 aromatic heterocycles. The number of nitrogens with two attached hydrogens (primary N) is 1. The van der Waals surface area contributed by atoms with Crippen molar-refractivity contribution in [1.82, 2.24) is 9.55 Å². The van der Waals surface area contributed by atoms with Crippen LogP contribution in [0.4, 0.5) is 0 Å². The van der Waals surface area contributed by atoms with Gasteiger partial charge in [-0.1, -0.05) is 19.9 Å². The SMILES string of the molecule is CSc1cccc(-n2cncc2C(CN)C(C)C)c1. The van der Waals surface area contributed by atoms with Crippen LogP contribution in [-0.4, -0.2) is 22.4 Å². The number of hydrogen-bond donors (Lipinski definition) is 1. The van der Waals surface area contributed by atoms with E-state index in [1.807, 2.05) is 12.5 Å². The van der Waals surface area contributed by atoms with Crippen molar-refractivity contribution in [3.8, 4) is 5.69 Å². The van der Waals surface area contributed by atoms with Crippen LogP contribution in [0.3, 0.4) is 0 Å². The van der Waals surface area contributed by atoms with Crippen molar-refractivity contribution in [3.05, 3.63) is 42.5 Å². The number of imidazole rings is 1. The predicted molar refractivity (Wildman–Crippen MR) is 82.0 cm³/mol. The number of aromatic nitrogens is 2. The van der Waals surface area contributed by atoms with Gasteiger partial charge in [-0.3, -0.25) is 0 Å². The molecule has 0 saturated carbocycles. The Hall–Kier alpha value is -1.26. The second-order valence-corrected chi connectivity index (χ2v) is 5.86. The van der Waals surface area contributed by atoms with Gasteiger partial charge in [-0.15, -0.1) is 11.8 Å². The minimum Gasteiger partial charge on any atom is -0.330 e. The monoisotopic (exact) mass is 275 g/mol. The fraction of sp³-hybridized carbons (Fsp3) is 0.400. The number of thioether (sulfide) groups is 1. The van der Waals surface area contributed by atoms with Gasteiger partial charge < -0.3 is 10.3 Å². The molecule has 1 unspecified atom stereocenters. The van der Waals surface area contributed by atoms with Crippen LogP contribution in [0, 0.1) is 5.92 Å². The maximum absolute atomic E-state index is 5.92. The summed E-state index contributed by atoms with van der Waals surface area (Å²) < 4.78 is 2.15. The second kappa shape index (κ2) is 6.26. The Morgan fingerprint density at radius 3 is 2.79 bits per heavy atom. The Kier molecular flexibility index (Phi) is 4.66. The van der Waals surface area contributed by atoms with Crippen LogP contribution < -0.4 is 5.73 Å². The van der Waals surface area contributed by atoms with E-state index in [1.54, 1.807) is 11.8 Å². The van der Waals surface area contributed by atoms with Crippen molar-refractivity contribution < 1.29 is 0 Å². The normalized spacial score (nSPS) is 12.9. The van der Waals surface area contributed by atoms with E-state index < -0.39 is 0 Å². The number of hydrogen-bond acceptors (Lipinski definition) is 3. The molecule has 0 fully saturated rings. The third-order valence-corrected chi connectivity index (χ3v) is 4.16. The first-order chi connectivity index (χ1) is 9.17. The molecule has 0 bridgehead atoms. The summed E-state index contributed by atoms with van der Waals surface area (Å²) in [6, 6.07) is 8.49. The fourth-order valence-electron chi connectivity index (χ4n) is 2.29. The zero-order valence-electron chi connectivity index (χ0n) is 11.7. The molecule has 0 radical (unpaired) electrons. The van der Waals surface area contributed by atoms with E-state index in [9.17, 15) is 0 Å². The summed E-state index contributed by atoms with van der Waals surface area (Å²) in [5.74, 6) is 0.838. The van der Waals surface area contributed by atoms with Gasteiger partial charge in [0, 0.05) is 34.9 Å². The van der Waals surface area contributed by atoms with Gasteiger partial charge >= 0.3 is 0 Å². The first-order valence-electron chi connectivity index (χ1n) is 6.54. The molecule has 1 aromatic carbocycles. The number of rotatable bonds is 5. The van der Waals surface area contributed by atoms with Crippen LogP contribution in [0.1, 0.15) is 25.5 Å². The van der Waals surface area contributed by atoms with Crippen molar-refractivity contribution in [3.63, 3.8) is 0 Å². The summed E-state index contributed by atoms with van der Waals surface area (Å²) in [6.45, 7) is 5.05. The molecule has 0 amide bonds. The van der Waals surface area contributed by atoms with Gasteiger partial charge in [0.05, 0.1) is 6.33 Å². The lowest BCUT2D eigenvalue weighted by atomic mass is 9.93. The summed E-state index contributed by atoms with van der Waals surface area (Å²) in [4.78, 5) is 5.56. The molecule has 3 nitrogen and oxygen atoms in total. The molecule has 0 aliphatic carbocycles. The Labute approximate surface area is 119 Å². The van der Waals surface area contributed by atoms with Gasteiger partial charge in [0.2, 0.25) is 0 Å². The summed E-state index contributed by atoms with van der Waals surface area (Å²) >= 11 is 1.75. The smallest absolute Gasteiger partial charge is 0.0994 e. The van der Waals surface area contributed by atoms with Gasteiger partial charge in [-0.2, -0.15) is 0 Å². The second-order valence-electron chi connectivity index (χ2n) is 4.98. The maximum atomic E-state index is 5.92. The van der Waals surface area contributed by atoms with Crippen molar-refractivity contribution in [1.29, 1.82) is 0 Å². The van der Waals surface area contributed by atoms with E-state index in [0.717, 1.165) is 5.69 Å². The molecule has 0 aliphatic rings. The molecule has 1 atom stereocenters. The van der Waals surface area contributed by atoms with Crippen LogP contribution in [0.25, 0.3) is 5.69 Å². The highest BCUT2D eigenvalue weighted by Crippen LogP contribution is 2.26. The van der Waals surface area contributed by atoms with Gasteiger partial charge in [-0.25, -0.2) is 4.98 Å². The highest BCUT2D eigenvalue weighted by atomic mass is 32.2. The largest absolute Gasteiger partial charge is 0.330 e. The third kappa shape index (κ3) is 3.01. The third-order valence-electron chi connectivity index (χ3n) is 3.44. The van der Waals surface area contributed by atoms with Crippen LogP contribution in [0.15, 0.2) is 41.7 Å². The van der Waals surface area contributed by atoms with Crippen LogP contribution in [0.2, 0.25) is 0 Å². The van der Waals surface area contributed by atoms with Gasteiger partial charge in [-0.05, 0) is 30.4 Å². The van der Waals surface area contributed by atoms with Crippen molar-refractivity contribution >= 4 is 11.8 Å². The first kappa shape index (κ1) is 14.2. The molecule has 102 valence electrons. The lowest BCUT2D eigenvalue weighted by Gasteiger charge is -2.20. The minimum absolute atomic E-state index is 0.334. The quantitative estimate of drug-likeness (QED) is 0.852. The highest BCUT2D eigenvalue weighted by Gasteiger charge is 2.18. The minimum atomic E-state index is 0.334. The zero-order chi connectivity index (χ0) is 13.8. The van der Waals surface area contributed by atoms with E-state index in [1.165, 1.54) is 10.6 Å². The fourth-order valence-corrected chi connectivity index (χ4v) is 2.74. The van der Waals surface area contributed by atoms with E-state index >= 15 is 0 Å². The van der Waals surface area contributed by atoms with Crippen molar-refractivity contribution in [2.45, 2.75) is 24.7 Å². The number of nitrogens with zero attached hydrogens (tertiary/aromatic N) is 2. The summed E-state index contributed by atoms with van der Waals surface area (Å²) in [5.41, 5.74) is 8.26. The molecule has 1 heterocycles. The molecule has 2 aromatic rings.